The van der Waals surface area contributed by atoms with Gasteiger partial charge in [0.05, 0.1) is 40.4 Å². The third kappa shape index (κ3) is 3.77. The van der Waals surface area contributed by atoms with Crippen LogP contribution in [0.1, 0.15) is 21.6 Å². The molecule has 1 N–H and O–H groups in total. The van der Waals surface area contributed by atoms with Gasteiger partial charge in [0.25, 0.3) is 5.91 Å². The van der Waals surface area contributed by atoms with Crippen LogP contribution in [0.3, 0.4) is 0 Å². The van der Waals surface area contributed by atoms with Crippen LogP contribution in [0.2, 0.25) is 0 Å². The summed E-state index contributed by atoms with van der Waals surface area (Å²) in [7, 11) is 0. The van der Waals surface area contributed by atoms with E-state index >= 15 is 0 Å². The predicted molar refractivity (Wildman–Crippen MR) is 119 cm³/mol. The lowest BCUT2D eigenvalue weighted by molar-refractivity contribution is -0.137. The molecule has 0 fully saturated rings. The number of anilines is 1. The summed E-state index contributed by atoms with van der Waals surface area (Å²) >= 11 is 0. The molecule has 0 atom stereocenters. The fourth-order valence-electron chi connectivity index (χ4n) is 3.92. The second-order valence-electron chi connectivity index (χ2n) is 7.82. The Morgan fingerprint density at radius 2 is 1.91 bits per heavy atom. The normalized spacial score (nSPS) is 15.3. The van der Waals surface area contributed by atoms with Gasteiger partial charge in [-0.05, 0) is 49.4 Å². The number of alkyl halides is 3. The van der Waals surface area contributed by atoms with Crippen molar-refractivity contribution >= 4 is 23.1 Å². The van der Waals surface area contributed by atoms with Crippen molar-refractivity contribution in [2.24, 2.45) is 4.99 Å². The number of amidine groups is 1. The average Bonchev–Trinajstić information content (AvgIpc) is 3.16. The van der Waals surface area contributed by atoms with Crippen molar-refractivity contribution < 1.29 is 23.2 Å². The number of aromatic nitrogens is 2. The Morgan fingerprint density at radius 3 is 2.65 bits per heavy atom. The summed E-state index contributed by atoms with van der Waals surface area (Å²) in [6, 6.07) is 11.8. The molecule has 10 heteroatoms. The van der Waals surface area contributed by atoms with Gasteiger partial charge in [0, 0.05) is 18.0 Å². The number of hydrogen-bond donors (Lipinski definition) is 1. The fourth-order valence-corrected chi connectivity index (χ4v) is 3.92. The summed E-state index contributed by atoms with van der Waals surface area (Å²) in [6.45, 7) is 1.66. The van der Waals surface area contributed by atoms with E-state index in [4.69, 9.17) is 0 Å². The van der Waals surface area contributed by atoms with E-state index in [0.29, 0.717) is 22.6 Å². The number of fused-ring (bicyclic) bond motifs is 2. The molecule has 5 rings (SSSR count). The molecule has 2 aliphatic rings. The van der Waals surface area contributed by atoms with Crippen molar-refractivity contribution in [3.63, 3.8) is 0 Å². The molecule has 172 valence electrons. The highest BCUT2D eigenvalue weighted by Gasteiger charge is 2.38. The Balaban J connectivity index is 1.62. The highest BCUT2D eigenvalue weighted by molar-refractivity contribution is 6.13. The minimum absolute atomic E-state index is 0.0759. The lowest BCUT2D eigenvalue weighted by Gasteiger charge is -2.26. The number of para-hydroxylation sites is 2. The Bertz CT molecular complexity index is 1390. The van der Waals surface area contributed by atoms with E-state index in [1.807, 2.05) is 0 Å². The van der Waals surface area contributed by atoms with E-state index in [1.54, 1.807) is 55.6 Å². The number of halogens is 3. The van der Waals surface area contributed by atoms with Gasteiger partial charge in [-0.25, -0.2) is 14.7 Å². The smallest absolute Gasteiger partial charge is 0.302 e. The molecule has 3 aromatic rings. The molecule has 0 bridgehead atoms. The second kappa shape index (κ2) is 7.99. The number of nitrogens with zero attached hydrogens (tertiary/aromatic N) is 5. The number of hydroxylamine groups is 2. The van der Waals surface area contributed by atoms with Crippen LogP contribution >= 0.6 is 0 Å². The molecule has 0 saturated heterocycles. The highest BCUT2D eigenvalue weighted by Crippen LogP contribution is 2.38. The third-order valence-electron chi connectivity index (χ3n) is 5.53. The first-order valence-corrected chi connectivity index (χ1v) is 10.3. The minimum atomic E-state index is -4.77. The standard InChI is InChI=1S/C24H18F3N5O2/c1-15-10-12-31(29-15)17-8-9-18(19(13-17)24(25,26)27)23(33)30-14-16-5-4-11-32(34)22(16)28-20-6-2-3-7-21(20)30/h2-13,34H,14H2,1H3. The molecule has 0 spiro atoms. The number of allylic oxidation sites excluding steroid dienone is 2. The first-order chi connectivity index (χ1) is 16.2. The average molecular weight is 465 g/mol. The van der Waals surface area contributed by atoms with Crippen molar-refractivity contribution in [2.45, 2.75) is 13.1 Å². The Hall–Kier alpha value is -4.18. The van der Waals surface area contributed by atoms with Gasteiger partial charge < -0.3 is 4.90 Å². The second-order valence-corrected chi connectivity index (χ2v) is 7.82. The number of amides is 1. The van der Waals surface area contributed by atoms with Crippen LogP contribution in [-0.2, 0) is 6.18 Å². The van der Waals surface area contributed by atoms with E-state index in [9.17, 15) is 23.2 Å². The number of carbonyl (C=O) groups is 1. The van der Waals surface area contributed by atoms with Crippen molar-refractivity contribution in [1.29, 1.82) is 0 Å². The topological polar surface area (TPSA) is 74.0 Å². The van der Waals surface area contributed by atoms with Gasteiger partial charge in [-0.3, -0.25) is 10.0 Å². The molecular weight excluding hydrogens is 447 g/mol. The maximum absolute atomic E-state index is 14.1. The molecule has 34 heavy (non-hydrogen) atoms. The molecule has 2 aliphatic heterocycles. The first kappa shape index (κ1) is 21.7. The maximum atomic E-state index is 14.1. The molecule has 0 unspecified atom stereocenters. The molecule has 0 saturated carbocycles. The van der Waals surface area contributed by atoms with Crippen LogP contribution in [0.15, 0.2) is 83.6 Å². The third-order valence-corrected chi connectivity index (χ3v) is 5.53. The van der Waals surface area contributed by atoms with Gasteiger partial charge in [-0.2, -0.15) is 18.3 Å². The Morgan fingerprint density at radius 1 is 1.12 bits per heavy atom. The summed E-state index contributed by atoms with van der Waals surface area (Å²) < 4.78 is 43.6. The van der Waals surface area contributed by atoms with E-state index < -0.39 is 23.2 Å². The van der Waals surface area contributed by atoms with Gasteiger partial charge in [0.15, 0.2) is 5.84 Å². The molecule has 3 heterocycles. The summed E-state index contributed by atoms with van der Waals surface area (Å²) in [6.07, 6.45) is 1.39. The molecular formula is C24H18F3N5O2. The van der Waals surface area contributed by atoms with Crippen LogP contribution in [0.4, 0.5) is 24.5 Å². The van der Waals surface area contributed by atoms with Gasteiger partial charge in [-0.15, -0.1) is 0 Å². The summed E-state index contributed by atoms with van der Waals surface area (Å²) in [5.74, 6) is -0.634. The first-order valence-electron chi connectivity index (χ1n) is 10.3. The molecule has 1 aromatic heterocycles. The zero-order valence-corrected chi connectivity index (χ0v) is 17.9. The quantitative estimate of drug-likeness (QED) is 0.576. The van der Waals surface area contributed by atoms with Crippen molar-refractivity contribution in [3.05, 3.63) is 95.5 Å². The lowest BCUT2D eigenvalue weighted by atomic mass is 10.0. The van der Waals surface area contributed by atoms with Crippen molar-refractivity contribution in [1.82, 2.24) is 14.8 Å². The predicted octanol–water partition coefficient (Wildman–Crippen LogP) is 5.03. The number of hydrogen-bond acceptors (Lipinski definition) is 5. The lowest BCUT2D eigenvalue weighted by Crippen LogP contribution is -2.37. The van der Waals surface area contributed by atoms with E-state index in [0.717, 1.165) is 11.1 Å². The Kier molecular flexibility index (Phi) is 5.09. The van der Waals surface area contributed by atoms with Crippen LogP contribution < -0.4 is 4.90 Å². The number of aryl methyl sites for hydroxylation is 1. The summed E-state index contributed by atoms with van der Waals surface area (Å²) in [4.78, 5) is 19.3. The number of carbonyl (C=O) groups excluding carboxylic acids is 1. The van der Waals surface area contributed by atoms with Crippen LogP contribution in [0, 0.1) is 6.92 Å². The van der Waals surface area contributed by atoms with Crippen molar-refractivity contribution in [2.75, 3.05) is 11.4 Å². The number of aliphatic imine (C=N–C) groups is 1. The number of rotatable bonds is 2. The van der Waals surface area contributed by atoms with Gasteiger partial charge in [0.1, 0.15) is 0 Å². The van der Waals surface area contributed by atoms with E-state index in [-0.39, 0.29) is 18.1 Å². The largest absolute Gasteiger partial charge is 0.417 e. The van der Waals surface area contributed by atoms with Gasteiger partial charge >= 0.3 is 6.18 Å². The fraction of sp³-hybridized carbons (Fsp3) is 0.125. The monoisotopic (exact) mass is 465 g/mol. The van der Waals surface area contributed by atoms with E-state index in [2.05, 4.69) is 10.1 Å². The van der Waals surface area contributed by atoms with Gasteiger partial charge in [-0.1, -0.05) is 18.2 Å². The molecule has 1 amide bonds. The van der Waals surface area contributed by atoms with Crippen LogP contribution in [-0.4, -0.2) is 38.3 Å². The minimum Gasteiger partial charge on any atom is -0.302 e. The zero-order chi connectivity index (χ0) is 24.0. The molecule has 2 aromatic carbocycles. The maximum Gasteiger partial charge on any atom is 0.417 e. The van der Waals surface area contributed by atoms with Crippen molar-refractivity contribution in [3.8, 4) is 5.69 Å². The van der Waals surface area contributed by atoms with E-state index in [1.165, 1.54) is 27.9 Å². The van der Waals surface area contributed by atoms with Gasteiger partial charge in [0.2, 0.25) is 0 Å². The summed E-state index contributed by atoms with van der Waals surface area (Å²) in [5, 5.41) is 15.2. The van der Waals surface area contributed by atoms with Crippen LogP contribution in [0.25, 0.3) is 5.69 Å². The summed E-state index contributed by atoms with van der Waals surface area (Å²) in [5.41, 5.74) is 0.447. The molecule has 7 nitrogen and oxygen atoms in total. The Labute approximate surface area is 192 Å². The van der Waals surface area contributed by atoms with Crippen LogP contribution in [0.5, 0.6) is 0 Å². The molecule has 0 radical (unpaired) electrons. The highest BCUT2D eigenvalue weighted by atomic mass is 19.4. The zero-order valence-electron chi connectivity index (χ0n) is 17.9. The SMILES string of the molecule is Cc1ccn(-c2ccc(C(=O)N3CC4=CC=CN(O)C4=Nc4ccccc43)c(C(F)(F)F)c2)n1. The number of benzene rings is 2. The molecule has 0 aliphatic carbocycles.